The minimum absolute atomic E-state index is 0.0448. The molecule has 1 amide bonds. The lowest BCUT2D eigenvalue weighted by molar-refractivity contribution is -0.143. The third-order valence-electron chi connectivity index (χ3n) is 4.25. The van der Waals surface area contributed by atoms with Gasteiger partial charge in [-0.05, 0) is 37.3 Å². The molecule has 5 nitrogen and oxygen atoms in total. The van der Waals surface area contributed by atoms with Crippen LogP contribution in [0.4, 0.5) is 0 Å². The molecule has 1 aromatic rings. The summed E-state index contributed by atoms with van der Waals surface area (Å²) in [5.74, 6) is 0.118. The predicted molar refractivity (Wildman–Crippen MR) is 74.9 cm³/mol. The van der Waals surface area contributed by atoms with E-state index in [2.05, 4.69) is 4.98 Å². The van der Waals surface area contributed by atoms with Crippen molar-refractivity contribution in [3.8, 4) is 0 Å². The van der Waals surface area contributed by atoms with Gasteiger partial charge < -0.3 is 15.4 Å². The van der Waals surface area contributed by atoms with E-state index in [0.717, 1.165) is 37.8 Å². The fourth-order valence-corrected chi connectivity index (χ4v) is 3.20. The zero-order chi connectivity index (χ0) is 13.9. The molecule has 1 unspecified atom stereocenters. The number of rotatable bonds is 3. The maximum absolute atomic E-state index is 12.6. The molecule has 5 heteroatoms. The molecule has 0 radical (unpaired) electrons. The van der Waals surface area contributed by atoms with Crippen molar-refractivity contribution in [3.05, 3.63) is 30.1 Å². The molecule has 2 aliphatic rings. The molecule has 2 saturated heterocycles. The summed E-state index contributed by atoms with van der Waals surface area (Å²) < 4.78 is 5.74. The molecular formula is C15H21N3O2. The normalized spacial score (nSPS) is 29.9. The third kappa shape index (κ3) is 2.55. The number of nitrogens with two attached hydrogens (primary N) is 1. The van der Waals surface area contributed by atoms with E-state index in [4.69, 9.17) is 10.5 Å². The van der Waals surface area contributed by atoms with Crippen LogP contribution in [0, 0.1) is 0 Å². The van der Waals surface area contributed by atoms with Crippen molar-refractivity contribution < 1.29 is 9.53 Å². The Morgan fingerprint density at radius 1 is 1.45 bits per heavy atom. The van der Waals surface area contributed by atoms with Crippen molar-refractivity contribution in [1.29, 1.82) is 0 Å². The Labute approximate surface area is 119 Å². The van der Waals surface area contributed by atoms with Crippen molar-refractivity contribution in [3.63, 3.8) is 0 Å². The summed E-state index contributed by atoms with van der Waals surface area (Å²) in [4.78, 5) is 18.8. The van der Waals surface area contributed by atoms with E-state index < -0.39 is 0 Å². The van der Waals surface area contributed by atoms with Crippen molar-refractivity contribution in [2.75, 3.05) is 13.1 Å². The van der Waals surface area contributed by atoms with Gasteiger partial charge in [0.1, 0.15) is 6.10 Å². The zero-order valence-electron chi connectivity index (χ0n) is 11.6. The minimum Gasteiger partial charge on any atom is -0.364 e. The summed E-state index contributed by atoms with van der Waals surface area (Å²) in [5, 5.41) is 0. The number of likely N-dealkylation sites (tertiary alicyclic amines) is 1. The average molecular weight is 275 g/mol. The number of hydrogen-bond acceptors (Lipinski definition) is 4. The van der Waals surface area contributed by atoms with Crippen LogP contribution in [0.5, 0.6) is 0 Å². The minimum atomic E-state index is -0.305. The van der Waals surface area contributed by atoms with Gasteiger partial charge in [-0.15, -0.1) is 0 Å². The number of hydrogen-bond donors (Lipinski definition) is 1. The maximum atomic E-state index is 12.6. The van der Waals surface area contributed by atoms with E-state index in [1.807, 2.05) is 23.2 Å². The Morgan fingerprint density at radius 3 is 3.05 bits per heavy atom. The Hall–Kier alpha value is -1.46. The molecule has 0 aromatic carbocycles. The van der Waals surface area contributed by atoms with Crippen LogP contribution >= 0.6 is 0 Å². The van der Waals surface area contributed by atoms with Crippen molar-refractivity contribution in [2.24, 2.45) is 5.73 Å². The first-order valence-corrected chi connectivity index (χ1v) is 7.35. The number of carbonyl (C=O) groups excluding carboxylic acids is 1. The molecule has 3 atom stereocenters. The van der Waals surface area contributed by atoms with Crippen molar-refractivity contribution in [2.45, 2.75) is 43.9 Å². The van der Waals surface area contributed by atoms with Crippen LogP contribution in [0.2, 0.25) is 0 Å². The molecule has 3 rings (SSSR count). The third-order valence-corrected chi connectivity index (χ3v) is 4.25. The molecule has 20 heavy (non-hydrogen) atoms. The van der Waals surface area contributed by atoms with E-state index in [-0.39, 0.29) is 24.2 Å². The second-order valence-corrected chi connectivity index (χ2v) is 5.54. The lowest BCUT2D eigenvalue weighted by Crippen LogP contribution is -2.39. The lowest BCUT2D eigenvalue weighted by atomic mass is 10.1. The van der Waals surface area contributed by atoms with Crippen molar-refractivity contribution in [1.82, 2.24) is 9.88 Å². The second-order valence-electron chi connectivity index (χ2n) is 5.54. The van der Waals surface area contributed by atoms with Crippen LogP contribution in [-0.4, -0.2) is 41.1 Å². The van der Waals surface area contributed by atoms with Crippen LogP contribution < -0.4 is 5.73 Å². The quantitative estimate of drug-likeness (QED) is 0.901. The number of nitrogens with zero attached hydrogens (tertiary/aromatic N) is 2. The molecule has 2 aliphatic heterocycles. The summed E-state index contributed by atoms with van der Waals surface area (Å²) in [6.07, 6.45) is 7.08. The molecule has 108 valence electrons. The van der Waals surface area contributed by atoms with E-state index in [9.17, 15) is 4.79 Å². The summed E-state index contributed by atoms with van der Waals surface area (Å²) in [6, 6.07) is 4.12. The maximum Gasteiger partial charge on any atom is 0.252 e. The number of carbonyl (C=O) groups is 1. The highest BCUT2D eigenvalue weighted by Crippen LogP contribution is 2.33. The molecule has 2 fully saturated rings. The standard InChI is InChI=1S/C15H21N3O2/c16-9-12-5-6-14(20-12)15(19)18-8-2-4-13(18)11-3-1-7-17-10-11/h1,3,7,10,12-14H,2,4-6,8-9,16H2/t12-,13?,14+/m1/s1. The highest BCUT2D eigenvalue weighted by atomic mass is 16.5. The number of ether oxygens (including phenoxy) is 1. The molecule has 3 heterocycles. The Morgan fingerprint density at radius 2 is 2.35 bits per heavy atom. The van der Waals surface area contributed by atoms with Gasteiger partial charge in [0.2, 0.25) is 0 Å². The topological polar surface area (TPSA) is 68.5 Å². The predicted octanol–water partition coefficient (Wildman–Crippen LogP) is 1.25. The van der Waals surface area contributed by atoms with E-state index in [0.29, 0.717) is 6.54 Å². The van der Waals surface area contributed by atoms with Crippen LogP contribution in [-0.2, 0) is 9.53 Å². The first-order valence-electron chi connectivity index (χ1n) is 7.35. The summed E-state index contributed by atoms with van der Waals surface area (Å²) in [7, 11) is 0. The van der Waals surface area contributed by atoms with Crippen LogP contribution in [0.15, 0.2) is 24.5 Å². The fourth-order valence-electron chi connectivity index (χ4n) is 3.20. The number of pyridine rings is 1. The highest BCUT2D eigenvalue weighted by molar-refractivity contribution is 5.82. The summed E-state index contributed by atoms with van der Waals surface area (Å²) >= 11 is 0. The second kappa shape index (κ2) is 5.89. The Bertz CT molecular complexity index is 465. The summed E-state index contributed by atoms with van der Waals surface area (Å²) in [5.41, 5.74) is 6.73. The van der Waals surface area contributed by atoms with Gasteiger partial charge in [-0.1, -0.05) is 6.07 Å². The number of aromatic nitrogens is 1. The molecule has 0 spiro atoms. The monoisotopic (exact) mass is 275 g/mol. The van der Waals surface area contributed by atoms with E-state index in [1.54, 1.807) is 6.20 Å². The zero-order valence-corrected chi connectivity index (χ0v) is 11.6. The molecular weight excluding hydrogens is 254 g/mol. The van der Waals surface area contributed by atoms with Crippen molar-refractivity contribution >= 4 is 5.91 Å². The fraction of sp³-hybridized carbons (Fsp3) is 0.600. The van der Waals surface area contributed by atoms with Gasteiger partial charge in [0.15, 0.2) is 0 Å². The van der Waals surface area contributed by atoms with Gasteiger partial charge in [0.25, 0.3) is 5.91 Å². The van der Waals surface area contributed by atoms with Gasteiger partial charge in [0, 0.05) is 25.5 Å². The summed E-state index contributed by atoms with van der Waals surface area (Å²) in [6.45, 7) is 1.31. The molecule has 2 N–H and O–H groups in total. The van der Waals surface area contributed by atoms with Crippen LogP contribution in [0.3, 0.4) is 0 Å². The molecule has 0 saturated carbocycles. The van der Waals surface area contributed by atoms with Crippen LogP contribution in [0.25, 0.3) is 0 Å². The largest absolute Gasteiger partial charge is 0.364 e. The molecule has 1 aromatic heterocycles. The highest BCUT2D eigenvalue weighted by Gasteiger charge is 2.37. The van der Waals surface area contributed by atoms with Gasteiger partial charge in [-0.25, -0.2) is 0 Å². The first-order chi connectivity index (χ1) is 9.79. The van der Waals surface area contributed by atoms with Gasteiger partial charge >= 0.3 is 0 Å². The SMILES string of the molecule is NC[C@H]1CC[C@@H](C(=O)N2CCCC2c2cccnc2)O1. The van der Waals surface area contributed by atoms with Gasteiger partial charge in [0.05, 0.1) is 12.1 Å². The van der Waals surface area contributed by atoms with E-state index in [1.165, 1.54) is 0 Å². The number of amides is 1. The molecule has 0 bridgehead atoms. The Kier molecular flexibility index (Phi) is 3.98. The lowest BCUT2D eigenvalue weighted by Gasteiger charge is -2.27. The Balaban J connectivity index is 1.71. The van der Waals surface area contributed by atoms with Gasteiger partial charge in [-0.3, -0.25) is 9.78 Å². The van der Waals surface area contributed by atoms with Gasteiger partial charge in [-0.2, -0.15) is 0 Å². The smallest absolute Gasteiger partial charge is 0.252 e. The average Bonchev–Trinajstić information content (AvgIpc) is 3.16. The molecule has 0 aliphatic carbocycles. The first kappa shape index (κ1) is 13.5. The van der Waals surface area contributed by atoms with Crippen LogP contribution in [0.1, 0.15) is 37.3 Å². The van der Waals surface area contributed by atoms with E-state index >= 15 is 0 Å².